The van der Waals surface area contributed by atoms with Crippen LogP contribution in [0.15, 0.2) is 0 Å². The molecule has 20 heavy (non-hydrogen) atoms. The molecule has 0 aromatic carbocycles. The van der Waals surface area contributed by atoms with Gasteiger partial charge in [0.2, 0.25) is 11.8 Å². The van der Waals surface area contributed by atoms with Crippen molar-refractivity contribution in [1.82, 2.24) is 10.2 Å². The fourth-order valence-electron chi connectivity index (χ4n) is 2.11. The molecule has 1 saturated heterocycles. The van der Waals surface area contributed by atoms with E-state index in [1.807, 2.05) is 20.8 Å². The molecular formula is C13H22N2O4S. The lowest BCUT2D eigenvalue weighted by Crippen LogP contribution is -2.44. The standard InChI is InChI=1S/C13H22N2O4S/c1-13(2,3)5-9(4-12(18)19)14-10(16)6-15-8-20-7-11(15)17/h9H,4-8H2,1-3H3,(H,14,16)(H,18,19). The highest BCUT2D eigenvalue weighted by atomic mass is 32.2. The van der Waals surface area contributed by atoms with Crippen molar-refractivity contribution in [3.8, 4) is 0 Å². The highest BCUT2D eigenvalue weighted by Gasteiger charge is 2.26. The summed E-state index contributed by atoms with van der Waals surface area (Å²) in [5.41, 5.74) is -0.0767. The molecule has 0 aromatic heterocycles. The third-order valence-corrected chi connectivity index (χ3v) is 3.75. The van der Waals surface area contributed by atoms with Crippen molar-refractivity contribution in [2.75, 3.05) is 18.2 Å². The van der Waals surface area contributed by atoms with Crippen molar-refractivity contribution in [2.24, 2.45) is 5.41 Å². The number of nitrogens with zero attached hydrogens (tertiary/aromatic N) is 1. The van der Waals surface area contributed by atoms with Gasteiger partial charge in [0.05, 0.1) is 18.1 Å². The maximum atomic E-state index is 11.9. The summed E-state index contributed by atoms with van der Waals surface area (Å²) >= 11 is 1.47. The van der Waals surface area contributed by atoms with Crippen molar-refractivity contribution in [1.29, 1.82) is 0 Å². The first kappa shape index (κ1) is 16.8. The van der Waals surface area contributed by atoms with E-state index in [1.165, 1.54) is 16.7 Å². The Hall–Kier alpha value is -1.24. The number of hydrogen-bond donors (Lipinski definition) is 2. The fourth-order valence-corrected chi connectivity index (χ4v) is 3.02. The molecule has 1 rings (SSSR count). The molecule has 114 valence electrons. The van der Waals surface area contributed by atoms with Gasteiger partial charge < -0.3 is 15.3 Å². The lowest BCUT2D eigenvalue weighted by Gasteiger charge is -2.26. The zero-order valence-corrected chi connectivity index (χ0v) is 13.0. The van der Waals surface area contributed by atoms with Crippen molar-refractivity contribution in [3.63, 3.8) is 0 Å². The number of carboxylic acids is 1. The van der Waals surface area contributed by atoms with Gasteiger partial charge in [0.25, 0.3) is 0 Å². The van der Waals surface area contributed by atoms with Gasteiger partial charge in [-0.2, -0.15) is 0 Å². The van der Waals surface area contributed by atoms with Crippen LogP contribution in [0.2, 0.25) is 0 Å². The summed E-state index contributed by atoms with van der Waals surface area (Å²) < 4.78 is 0. The maximum absolute atomic E-state index is 11.9. The lowest BCUT2D eigenvalue weighted by molar-refractivity contribution is -0.138. The molecule has 2 N–H and O–H groups in total. The van der Waals surface area contributed by atoms with E-state index in [0.717, 1.165) is 0 Å². The first-order valence-electron chi connectivity index (χ1n) is 6.54. The summed E-state index contributed by atoms with van der Waals surface area (Å²) in [5, 5.41) is 11.6. The van der Waals surface area contributed by atoms with Crippen LogP contribution < -0.4 is 5.32 Å². The van der Waals surface area contributed by atoms with E-state index in [1.54, 1.807) is 0 Å². The molecule has 1 heterocycles. The van der Waals surface area contributed by atoms with E-state index in [4.69, 9.17) is 5.11 Å². The second-order valence-electron chi connectivity index (χ2n) is 6.20. The van der Waals surface area contributed by atoms with Crippen LogP contribution in [0.3, 0.4) is 0 Å². The molecule has 1 unspecified atom stereocenters. The molecule has 0 radical (unpaired) electrons. The molecule has 2 amide bonds. The number of amides is 2. The number of carboxylic acid groups (broad SMARTS) is 1. The Bertz CT molecular complexity index is 392. The Morgan fingerprint density at radius 2 is 2.10 bits per heavy atom. The van der Waals surface area contributed by atoms with Crippen molar-refractivity contribution >= 4 is 29.5 Å². The molecule has 7 heteroatoms. The van der Waals surface area contributed by atoms with Gasteiger partial charge in [0.1, 0.15) is 6.54 Å². The average Bonchev–Trinajstić information content (AvgIpc) is 2.60. The van der Waals surface area contributed by atoms with Crippen LogP contribution >= 0.6 is 11.8 Å². The van der Waals surface area contributed by atoms with Crippen LogP contribution in [0.4, 0.5) is 0 Å². The van der Waals surface area contributed by atoms with Gasteiger partial charge in [-0.25, -0.2) is 0 Å². The molecule has 0 aromatic rings. The molecule has 1 aliphatic rings. The molecule has 0 spiro atoms. The SMILES string of the molecule is CC(C)(C)CC(CC(=O)O)NC(=O)CN1CSCC1=O. The third kappa shape index (κ3) is 6.27. The van der Waals surface area contributed by atoms with Crippen LogP contribution in [0.25, 0.3) is 0 Å². The maximum Gasteiger partial charge on any atom is 0.305 e. The fraction of sp³-hybridized carbons (Fsp3) is 0.769. The van der Waals surface area contributed by atoms with Gasteiger partial charge in [-0.05, 0) is 11.8 Å². The molecule has 1 fully saturated rings. The molecule has 0 aliphatic carbocycles. The zero-order valence-electron chi connectivity index (χ0n) is 12.1. The van der Waals surface area contributed by atoms with Crippen molar-refractivity contribution in [2.45, 2.75) is 39.7 Å². The number of thioether (sulfide) groups is 1. The number of carbonyl (C=O) groups excluding carboxylic acids is 2. The number of rotatable bonds is 6. The summed E-state index contributed by atoms with van der Waals surface area (Å²) in [7, 11) is 0. The predicted octanol–water partition coefficient (Wildman–Crippen LogP) is 0.915. The molecular weight excluding hydrogens is 280 g/mol. The van der Waals surface area contributed by atoms with Gasteiger partial charge in [0.15, 0.2) is 0 Å². The summed E-state index contributed by atoms with van der Waals surface area (Å²) in [6, 6.07) is -0.412. The Morgan fingerprint density at radius 3 is 2.55 bits per heavy atom. The summed E-state index contributed by atoms with van der Waals surface area (Å²) in [4.78, 5) is 35.7. The second-order valence-corrected chi connectivity index (χ2v) is 7.15. The molecule has 1 aliphatic heterocycles. The summed E-state index contributed by atoms with van der Waals surface area (Å²) in [5.74, 6) is -0.345. The van der Waals surface area contributed by atoms with Gasteiger partial charge in [0, 0.05) is 6.04 Å². The first-order valence-corrected chi connectivity index (χ1v) is 7.69. The minimum atomic E-state index is -0.938. The van der Waals surface area contributed by atoms with Crippen LogP contribution in [0.1, 0.15) is 33.6 Å². The van der Waals surface area contributed by atoms with Gasteiger partial charge in [-0.1, -0.05) is 20.8 Å². The Morgan fingerprint density at radius 1 is 1.45 bits per heavy atom. The first-order chi connectivity index (χ1) is 9.17. The van der Waals surface area contributed by atoms with Crippen LogP contribution in [0.5, 0.6) is 0 Å². The predicted molar refractivity (Wildman–Crippen MR) is 77.3 cm³/mol. The Balaban J connectivity index is 2.52. The van der Waals surface area contributed by atoms with E-state index >= 15 is 0 Å². The minimum absolute atomic E-state index is 0.00605. The number of aliphatic carboxylic acids is 1. The summed E-state index contributed by atoms with van der Waals surface area (Å²) in [6.45, 7) is 5.99. The van der Waals surface area contributed by atoms with Crippen molar-refractivity contribution < 1.29 is 19.5 Å². The summed E-state index contributed by atoms with van der Waals surface area (Å²) in [6.07, 6.45) is 0.472. The zero-order chi connectivity index (χ0) is 15.3. The molecule has 1 atom stereocenters. The number of hydrogen-bond acceptors (Lipinski definition) is 4. The van der Waals surface area contributed by atoms with Gasteiger partial charge >= 0.3 is 5.97 Å². The quantitative estimate of drug-likeness (QED) is 0.762. The number of carbonyl (C=O) groups is 3. The van der Waals surface area contributed by atoms with E-state index < -0.39 is 12.0 Å². The van der Waals surface area contributed by atoms with Crippen LogP contribution in [0, 0.1) is 5.41 Å². The smallest absolute Gasteiger partial charge is 0.305 e. The second kappa shape index (κ2) is 6.97. The molecule has 0 saturated carbocycles. The lowest BCUT2D eigenvalue weighted by atomic mass is 9.87. The normalized spacial score (nSPS) is 17.1. The third-order valence-electron chi connectivity index (χ3n) is 2.80. The Labute approximate surface area is 123 Å². The van der Waals surface area contributed by atoms with Crippen LogP contribution in [-0.4, -0.2) is 52.0 Å². The monoisotopic (exact) mass is 302 g/mol. The highest BCUT2D eigenvalue weighted by molar-refractivity contribution is 8.00. The topological polar surface area (TPSA) is 86.7 Å². The van der Waals surface area contributed by atoms with Crippen molar-refractivity contribution in [3.05, 3.63) is 0 Å². The Kier molecular flexibility index (Phi) is 5.86. The van der Waals surface area contributed by atoms with Gasteiger partial charge in [-0.15, -0.1) is 11.8 Å². The average molecular weight is 302 g/mol. The highest BCUT2D eigenvalue weighted by Crippen LogP contribution is 2.22. The largest absolute Gasteiger partial charge is 0.481 e. The van der Waals surface area contributed by atoms with Gasteiger partial charge in [-0.3, -0.25) is 14.4 Å². The van der Waals surface area contributed by atoms with E-state index in [0.29, 0.717) is 18.1 Å². The molecule has 0 bridgehead atoms. The molecule has 6 nitrogen and oxygen atoms in total. The van der Waals surface area contributed by atoms with E-state index in [2.05, 4.69) is 5.32 Å². The minimum Gasteiger partial charge on any atom is -0.481 e. The van der Waals surface area contributed by atoms with Crippen LogP contribution in [-0.2, 0) is 14.4 Å². The van der Waals surface area contributed by atoms with E-state index in [9.17, 15) is 14.4 Å². The number of nitrogens with one attached hydrogen (secondary N) is 1. The van der Waals surface area contributed by atoms with E-state index in [-0.39, 0.29) is 30.2 Å².